The molecule has 0 spiro atoms. The largest absolute Gasteiger partial charge is 0.480 e. The maximum absolute atomic E-state index is 12.9. The first-order valence-electron chi connectivity index (χ1n) is 10.4. The van der Waals surface area contributed by atoms with Crippen molar-refractivity contribution in [2.75, 3.05) is 0 Å². The number of carbonyl (C=O) groups is 5. The first kappa shape index (κ1) is 28.3. The number of aliphatic carboxylic acids is 1. The number of amides is 4. The van der Waals surface area contributed by atoms with Crippen molar-refractivity contribution in [1.82, 2.24) is 16.0 Å². The van der Waals surface area contributed by atoms with Crippen molar-refractivity contribution in [3.8, 4) is 0 Å². The molecule has 0 saturated heterocycles. The number of primary amides is 1. The zero-order valence-electron chi connectivity index (χ0n) is 19.1. The topological polar surface area (TPSA) is 194 Å². The lowest BCUT2D eigenvalue weighted by atomic mass is 9.95. The van der Waals surface area contributed by atoms with Crippen molar-refractivity contribution in [2.24, 2.45) is 29.2 Å². The van der Waals surface area contributed by atoms with Crippen molar-refractivity contribution >= 4 is 29.6 Å². The molecule has 0 radical (unpaired) electrons. The zero-order valence-corrected chi connectivity index (χ0v) is 19.1. The molecule has 0 rings (SSSR count). The molecule has 0 heterocycles. The Morgan fingerprint density at radius 1 is 0.774 bits per heavy atom. The smallest absolute Gasteiger partial charge is 0.326 e. The van der Waals surface area contributed by atoms with Gasteiger partial charge in [-0.1, -0.05) is 48.0 Å². The van der Waals surface area contributed by atoms with Gasteiger partial charge in [-0.25, -0.2) is 4.79 Å². The SMILES string of the molecule is CCC(C)C(NC(=O)C(NC(=O)C(N)CC(N)=O)C(C)C)C(=O)NC(C(=O)O)C(C)C. The van der Waals surface area contributed by atoms with Gasteiger partial charge in [0, 0.05) is 0 Å². The van der Waals surface area contributed by atoms with Crippen LogP contribution in [0.5, 0.6) is 0 Å². The predicted octanol–water partition coefficient (Wildman–Crippen LogP) is -0.914. The first-order valence-corrected chi connectivity index (χ1v) is 10.4. The van der Waals surface area contributed by atoms with Crippen LogP contribution in [0.1, 0.15) is 54.4 Å². The molecule has 0 fully saturated rings. The Labute approximate surface area is 183 Å². The molecule has 5 unspecified atom stereocenters. The van der Waals surface area contributed by atoms with Crippen LogP contribution >= 0.6 is 0 Å². The van der Waals surface area contributed by atoms with E-state index in [1.807, 2.05) is 6.92 Å². The molecule has 11 nitrogen and oxygen atoms in total. The van der Waals surface area contributed by atoms with E-state index in [2.05, 4.69) is 16.0 Å². The van der Waals surface area contributed by atoms with Crippen LogP contribution in [-0.2, 0) is 24.0 Å². The van der Waals surface area contributed by atoms with E-state index in [9.17, 15) is 29.1 Å². The summed E-state index contributed by atoms with van der Waals surface area (Å²) in [4.78, 5) is 60.3. The molecule has 31 heavy (non-hydrogen) atoms. The molecule has 0 aromatic carbocycles. The van der Waals surface area contributed by atoms with Crippen molar-refractivity contribution in [1.29, 1.82) is 0 Å². The van der Waals surface area contributed by atoms with Gasteiger partial charge in [-0.3, -0.25) is 19.2 Å². The average molecular weight is 444 g/mol. The molecule has 4 amide bonds. The average Bonchev–Trinajstić information content (AvgIpc) is 2.65. The Hall–Kier alpha value is -2.69. The predicted molar refractivity (Wildman–Crippen MR) is 114 cm³/mol. The standard InChI is InChI=1S/C20H37N5O6/c1-7-11(6)16(19(29)24-15(10(4)5)20(30)31)25-18(28)14(9(2)3)23-17(27)12(21)8-13(22)26/h9-12,14-16H,7-8,21H2,1-6H3,(H2,22,26)(H,23,27)(H,24,29)(H,25,28)(H,30,31). The van der Waals surface area contributed by atoms with E-state index in [0.29, 0.717) is 6.42 Å². The number of nitrogens with two attached hydrogens (primary N) is 2. The van der Waals surface area contributed by atoms with Crippen LogP contribution in [0.4, 0.5) is 0 Å². The molecule has 178 valence electrons. The summed E-state index contributed by atoms with van der Waals surface area (Å²) in [7, 11) is 0. The number of carbonyl (C=O) groups excluding carboxylic acids is 4. The number of carboxylic acids is 1. The second-order valence-corrected chi connectivity index (χ2v) is 8.45. The molecule has 0 bridgehead atoms. The minimum atomic E-state index is -1.21. The summed E-state index contributed by atoms with van der Waals surface area (Å²) >= 11 is 0. The minimum Gasteiger partial charge on any atom is -0.480 e. The van der Waals surface area contributed by atoms with Crippen LogP contribution in [0.15, 0.2) is 0 Å². The zero-order chi connectivity index (χ0) is 24.5. The van der Waals surface area contributed by atoms with Crippen LogP contribution in [0.2, 0.25) is 0 Å². The Morgan fingerprint density at radius 3 is 1.58 bits per heavy atom. The third-order valence-corrected chi connectivity index (χ3v) is 5.03. The van der Waals surface area contributed by atoms with Gasteiger partial charge in [-0.05, 0) is 17.8 Å². The fraction of sp³-hybridized carbons (Fsp3) is 0.750. The van der Waals surface area contributed by atoms with Crippen molar-refractivity contribution in [2.45, 2.75) is 78.6 Å². The molecule has 0 aliphatic heterocycles. The summed E-state index contributed by atoms with van der Waals surface area (Å²) < 4.78 is 0. The number of carboxylic acid groups (broad SMARTS) is 1. The number of nitrogens with one attached hydrogen (secondary N) is 3. The second kappa shape index (κ2) is 12.9. The van der Waals surface area contributed by atoms with E-state index in [-0.39, 0.29) is 24.2 Å². The number of hydrogen-bond donors (Lipinski definition) is 6. The fourth-order valence-electron chi connectivity index (χ4n) is 2.81. The van der Waals surface area contributed by atoms with Gasteiger partial charge in [0.05, 0.1) is 12.5 Å². The quantitative estimate of drug-likeness (QED) is 0.212. The van der Waals surface area contributed by atoms with Crippen molar-refractivity contribution < 1.29 is 29.1 Å². The first-order chi connectivity index (χ1) is 14.2. The maximum atomic E-state index is 12.9. The van der Waals surface area contributed by atoms with Gasteiger partial charge >= 0.3 is 5.97 Å². The highest BCUT2D eigenvalue weighted by Crippen LogP contribution is 2.12. The maximum Gasteiger partial charge on any atom is 0.326 e. The highest BCUT2D eigenvalue weighted by molar-refractivity contribution is 5.95. The van der Waals surface area contributed by atoms with E-state index in [4.69, 9.17) is 11.5 Å². The Morgan fingerprint density at radius 2 is 1.19 bits per heavy atom. The van der Waals surface area contributed by atoms with Gasteiger partial charge in [0.25, 0.3) is 0 Å². The second-order valence-electron chi connectivity index (χ2n) is 8.45. The van der Waals surface area contributed by atoms with Gasteiger partial charge in [0.2, 0.25) is 23.6 Å². The summed E-state index contributed by atoms with van der Waals surface area (Å²) in [5, 5.41) is 16.9. The fourth-order valence-corrected chi connectivity index (χ4v) is 2.81. The monoisotopic (exact) mass is 443 g/mol. The molecule has 0 saturated carbocycles. The molecule has 0 aromatic rings. The van der Waals surface area contributed by atoms with Crippen LogP contribution in [0, 0.1) is 17.8 Å². The molecular formula is C20H37N5O6. The summed E-state index contributed by atoms with van der Waals surface area (Å²) in [5.41, 5.74) is 10.7. The molecule has 11 heteroatoms. The van der Waals surface area contributed by atoms with Gasteiger partial charge in [0.15, 0.2) is 0 Å². The Balaban J connectivity index is 5.49. The van der Waals surface area contributed by atoms with E-state index in [1.54, 1.807) is 34.6 Å². The number of rotatable bonds is 13. The lowest BCUT2D eigenvalue weighted by molar-refractivity contribution is -0.144. The normalized spacial score (nSPS) is 16.0. The van der Waals surface area contributed by atoms with E-state index in [1.165, 1.54) is 0 Å². The summed E-state index contributed by atoms with van der Waals surface area (Å²) in [5.74, 6) is -4.89. The van der Waals surface area contributed by atoms with Gasteiger partial charge in [0.1, 0.15) is 18.1 Å². The van der Waals surface area contributed by atoms with E-state index < -0.39 is 53.8 Å². The third-order valence-electron chi connectivity index (χ3n) is 5.03. The minimum absolute atomic E-state index is 0.300. The molecule has 0 aromatic heterocycles. The van der Waals surface area contributed by atoms with Crippen LogP contribution in [0.3, 0.4) is 0 Å². The Bertz CT molecular complexity index is 666. The highest BCUT2D eigenvalue weighted by atomic mass is 16.4. The molecule has 0 aliphatic rings. The molecule has 0 aliphatic carbocycles. The van der Waals surface area contributed by atoms with Crippen LogP contribution in [-0.4, -0.2) is 58.9 Å². The third kappa shape index (κ3) is 9.33. The number of hydrogen-bond acceptors (Lipinski definition) is 6. The lowest BCUT2D eigenvalue weighted by Gasteiger charge is -2.29. The molecular weight excluding hydrogens is 406 g/mol. The van der Waals surface area contributed by atoms with Crippen LogP contribution in [0.25, 0.3) is 0 Å². The van der Waals surface area contributed by atoms with E-state index in [0.717, 1.165) is 0 Å². The van der Waals surface area contributed by atoms with E-state index >= 15 is 0 Å². The van der Waals surface area contributed by atoms with Gasteiger partial charge in [-0.2, -0.15) is 0 Å². The summed E-state index contributed by atoms with van der Waals surface area (Å²) in [6, 6.07) is -4.34. The summed E-state index contributed by atoms with van der Waals surface area (Å²) in [6.07, 6.45) is 0.169. The van der Waals surface area contributed by atoms with Crippen molar-refractivity contribution in [3.63, 3.8) is 0 Å². The highest BCUT2D eigenvalue weighted by Gasteiger charge is 2.34. The summed E-state index contributed by atoms with van der Waals surface area (Å²) in [6.45, 7) is 10.3. The molecule has 8 N–H and O–H groups in total. The van der Waals surface area contributed by atoms with Gasteiger partial charge < -0.3 is 32.5 Å². The van der Waals surface area contributed by atoms with Crippen molar-refractivity contribution in [3.05, 3.63) is 0 Å². The van der Waals surface area contributed by atoms with Crippen LogP contribution < -0.4 is 27.4 Å². The Kier molecular flexibility index (Phi) is 11.8. The molecule has 5 atom stereocenters. The van der Waals surface area contributed by atoms with Gasteiger partial charge in [-0.15, -0.1) is 0 Å². The lowest BCUT2D eigenvalue weighted by Crippen LogP contribution is -2.60.